The van der Waals surface area contributed by atoms with Crippen LogP contribution in [0.25, 0.3) is 10.8 Å². The van der Waals surface area contributed by atoms with Crippen molar-refractivity contribution in [3.63, 3.8) is 0 Å². The summed E-state index contributed by atoms with van der Waals surface area (Å²) in [5, 5.41) is 6.08. The molecule has 0 unspecified atom stereocenters. The van der Waals surface area contributed by atoms with Crippen molar-refractivity contribution in [1.29, 1.82) is 0 Å². The predicted octanol–water partition coefficient (Wildman–Crippen LogP) is 2.52. The fourth-order valence-corrected chi connectivity index (χ4v) is 3.31. The van der Waals surface area contributed by atoms with Crippen LogP contribution in [0.3, 0.4) is 0 Å². The van der Waals surface area contributed by atoms with Gasteiger partial charge >= 0.3 is 0 Å². The lowest BCUT2D eigenvalue weighted by atomic mass is 10.1. The molecule has 1 aliphatic heterocycles. The lowest BCUT2D eigenvalue weighted by molar-refractivity contribution is -0.131. The maximum absolute atomic E-state index is 12.0. The number of carbonyl (C=O) groups is 1. The molecular formula is C14H15N3O2S. The minimum Gasteiger partial charge on any atom is -0.342 e. The van der Waals surface area contributed by atoms with E-state index in [1.807, 2.05) is 22.4 Å². The van der Waals surface area contributed by atoms with E-state index in [1.54, 1.807) is 11.3 Å². The minimum absolute atomic E-state index is 0.218. The van der Waals surface area contributed by atoms with Gasteiger partial charge in [0.2, 0.25) is 5.91 Å². The van der Waals surface area contributed by atoms with Gasteiger partial charge in [0.25, 0.3) is 5.89 Å². The van der Waals surface area contributed by atoms with Gasteiger partial charge in [-0.25, -0.2) is 0 Å². The van der Waals surface area contributed by atoms with Crippen LogP contribution in [0.15, 0.2) is 22.0 Å². The van der Waals surface area contributed by atoms with E-state index in [9.17, 15) is 4.79 Å². The van der Waals surface area contributed by atoms with Crippen LogP contribution in [-0.4, -0.2) is 34.0 Å². The number of nitrogens with zero attached hydrogens (tertiary/aromatic N) is 3. The number of amides is 1. The molecule has 1 atom stereocenters. The number of rotatable bonds is 3. The van der Waals surface area contributed by atoms with Gasteiger partial charge in [0.15, 0.2) is 5.82 Å². The highest BCUT2D eigenvalue weighted by molar-refractivity contribution is 7.13. The summed E-state index contributed by atoms with van der Waals surface area (Å²) in [7, 11) is 0. The Morgan fingerprint density at radius 3 is 3.05 bits per heavy atom. The summed E-state index contributed by atoms with van der Waals surface area (Å²) in [5.41, 5.74) is 0. The van der Waals surface area contributed by atoms with Crippen molar-refractivity contribution in [2.45, 2.75) is 25.2 Å². The zero-order valence-electron chi connectivity index (χ0n) is 11.0. The molecule has 0 spiro atoms. The fraction of sp³-hybridized carbons (Fsp3) is 0.500. The normalized spacial score (nSPS) is 22.4. The second-order valence-electron chi connectivity index (χ2n) is 5.48. The molecule has 0 radical (unpaired) electrons. The maximum Gasteiger partial charge on any atom is 0.267 e. The number of hydrogen-bond acceptors (Lipinski definition) is 5. The quantitative estimate of drug-likeness (QED) is 0.871. The molecular weight excluding hydrogens is 274 g/mol. The topological polar surface area (TPSA) is 59.2 Å². The number of carbonyl (C=O) groups excluding carboxylic acids is 1. The first-order valence-electron chi connectivity index (χ1n) is 6.97. The Bertz CT molecular complexity index is 618. The van der Waals surface area contributed by atoms with Gasteiger partial charge in [0, 0.05) is 24.9 Å². The predicted molar refractivity (Wildman–Crippen MR) is 74.3 cm³/mol. The third kappa shape index (κ3) is 2.14. The van der Waals surface area contributed by atoms with E-state index in [0.29, 0.717) is 17.7 Å². The molecule has 1 saturated carbocycles. The van der Waals surface area contributed by atoms with Crippen molar-refractivity contribution in [2.24, 2.45) is 5.92 Å². The third-order valence-electron chi connectivity index (χ3n) is 3.97. The van der Waals surface area contributed by atoms with Crippen molar-refractivity contribution in [3.05, 3.63) is 23.3 Å². The molecule has 1 amide bonds. The van der Waals surface area contributed by atoms with Crippen LogP contribution in [0, 0.1) is 5.92 Å². The van der Waals surface area contributed by atoms with Gasteiger partial charge in [-0.05, 0) is 30.7 Å². The Hall–Kier alpha value is -1.69. The molecule has 0 N–H and O–H groups in total. The highest BCUT2D eigenvalue weighted by Gasteiger charge is 2.38. The van der Waals surface area contributed by atoms with E-state index in [-0.39, 0.29) is 5.92 Å². The van der Waals surface area contributed by atoms with Crippen LogP contribution in [0.1, 0.15) is 31.0 Å². The van der Waals surface area contributed by atoms with E-state index in [4.69, 9.17) is 4.52 Å². The fourth-order valence-electron chi connectivity index (χ4n) is 2.66. The Balaban J connectivity index is 1.47. The van der Waals surface area contributed by atoms with Gasteiger partial charge in [-0.1, -0.05) is 11.2 Å². The molecule has 5 nitrogen and oxygen atoms in total. The molecule has 2 aromatic rings. The third-order valence-corrected chi connectivity index (χ3v) is 4.82. The van der Waals surface area contributed by atoms with Gasteiger partial charge < -0.3 is 9.42 Å². The van der Waals surface area contributed by atoms with Gasteiger partial charge in [0.1, 0.15) is 0 Å². The lowest BCUT2D eigenvalue weighted by Gasteiger charge is -2.14. The van der Waals surface area contributed by atoms with Gasteiger partial charge in [-0.2, -0.15) is 4.98 Å². The molecule has 4 rings (SSSR count). The Kier molecular flexibility index (Phi) is 2.84. The number of likely N-dealkylation sites (tertiary alicyclic amines) is 1. The van der Waals surface area contributed by atoms with Crippen LogP contribution in [-0.2, 0) is 4.79 Å². The van der Waals surface area contributed by atoms with E-state index in [0.717, 1.165) is 43.1 Å². The first-order valence-corrected chi connectivity index (χ1v) is 7.85. The van der Waals surface area contributed by atoms with Crippen LogP contribution in [0.2, 0.25) is 0 Å². The van der Waals surface area contributed by atoms with Crippen LogP contribution in [0.5, 0.6) is 0 Å². The monoisotopic (exact) mass is 289 g/mol. The average molecular weight is 289 g/mol. The molecule has 6 heteroatoms. The molecule has 1 aliphatic carbocycles. The summed E-state index contributed by atoms with van der Waals surface area (Å²) in [6, 6.07) is 3.94. The zero-order valence-corrected chi connectivity index (χ0v) is 11.8. The number of hydrogen-bond donors (Lipinski definition) is 0. The molecule has 2 aliphatic rings. The van der Waals surface area contributed by atoms with Crippen molar-refractivity contribution in [3.8, 4) is 10.8 Å². The van der Waals surface area contributed by atoms with E-state index in [1.165, 1.54) is 0 Å². The summed E-state index contributed by atoms with van der Waals surface area (Å²) in [4.78, 5) is 19.5. The summed E-state index contributed by atoms with van der Waals surface area (Å²) < 4.78 is 5.32. The molecule has 0 bridgehead atoms. The maximum atomic E-state index is 12.0. The highest BCUT2D eigenvalue weighted by atomic mass is 32.1. The van der Waals surface area contributed by atoms with Crippen molar-refractivity contribution >= 4 is 17.2 Å². The van der Waals surface area contributed by atoms with E-state index < -0.39 is 0 Å². The van der Waals surface area contributed by atoms with Crippen LogP contribution in [0.4, 0.5) is 0 Å². The van der Waals surface area contributed by atoms with Crippen molar-refractivity contribution in [1.82, 2.24) is 15.0 Å². The van der Waals surface area contributed by atoms with Gasteiger partial charge in [0.05, 0.1) is 4.88 Å². The van der Waals surface area contributed by atoms with Gasteiger partial charge in [-0.3, -0.25) is 4.79 Å². The smallest absolute Gasteiger partial charge is 0.267 e. The summed E-state index contributed by atoms with van der Waals surface area (Å²) in [5.74, 6) is 2.15. The van der Waals surface area contributed by atoms with Crippen molar-refractivity contribution < 1.29 is 9.32 Å². The molecule has 104 valence electrons. The molecule has 2 fully saturated rings. The highest BCUT2D eigenvalue weighted by Crippen LogP contribution is 2.35. The van der Waals surface area contributed by atoms with E-state index >= 15 is 0 Å². The first-order chi connectivity index (χ1) is 9.81. The van der Waals surface area contributed by atoms with Crippen LogP contribution < -0.4 is 0 Å². The van der Waals surface area contributed by atoms with E-state index in [2.05, 4.69) is 10.1 Å². The number of aromatic nitrogens is 2. The summed E-state index contributed by atoms with van der Waals surface area (Å²) >= 11 is 1.59. The Morgan fingerprint density at radius 2 is 2.30 bits per heavy atom. The average Bonchev–Trinajstić information content (AvgIpc) is 2.94. The molecule has 2 aromatic heterocycles. The molecule has 3 heterocycles. The Morgan fingerprint density at radius 1 is 1.40 bits per heavy atom. The van der Waals surface area contributed by atoms with Crippen LogP contribution >= 0.6 is 11.3 Å². The number of thiophene rings is 1. The van der Waals surface area contributed by atoms with Gasteiger partial charge in [-0.15, -0.1) is 11.3 Å². The SMILES string of the molecule is O=C(C1CC1)N1CC[C@H](c2noc(-c3cccs3)n2)C1. The molecule has 0 aromatic carbocycles. The molecule has 20 heavy (non-hydrogen) atoms. The lowest BCUT2D eigenvalue weighted by Crippen LogP contribution is -2.29. The zero-order chi connectivity index (χ0) is 13.5. The minimum atomic E-state index is 0.218. The second-order valence-corrected chi connectivity index (χ2v) is 6.43. The standard InChI is InChI=1S/C14H15N3O2S/c18-14(9-3-4-9)17-6-5-10(8-17)12-15-13(19-16-12)11-2-1-7-20-11/h1-2,7,9-10H,3-6,8H2/t10-/m0/s1. The first kappa shape index (κ1) is 12.1. The summed E-state index contributed by atoms with van der Waals surface area (Å²) in [6.07, 6.45) is 3.05. The Labute approximate surface area is 120 Å². The molecule has 1 saturated heterocycles. The summed E-state index contributed by atoms with van der Waals surface area (Å²) in [6.45, 7) is 1.56. The second kappa shape index (κ2) is 4.70. The largest absolute Gasteiger partial charge is 0.342 e. The van der Waals surface area contributed by atoms with Crippen molar-refractivity contribution in [2.75, 3.05) is 13.1 Å².